The highest BCUT2D eigenvalue weighted by molar-refractivity contribution is 6.30. The minimum absolute atomic E-state index is 0.0118. The molecule has 0 aliphatic carbocycles. The normalized spacial score (nSPS) is 14.5. The summed E-state index contributed by atoms with van der Waals surface area (Å²) in [5.41, 5.74) is 0.627. The molecule has 28 heavy (non-hydrogen) atoms. The molecule has 1 saturated heterocycles. The van der Waals surface area contributed by atoms with Crippen molar-refractivity contribution in [3.63, 3.8) is 0 Å². The predicted octanol–water partition coefficient (Wildman–Crippen LogP) is 3.87. The van der Waals surface area contributed by atoms with Crippen molar-refractivity contribution in [2.75, 3.05) is 32.8 Å². The molecule has 2 amide bonds. The summed E-state index contributed by atoms with van der Waals surface area (Å²) in [6, 6.07) is 16.5. The number of hydrogen-bond donors (Lipinski definition) is 0. The number of halogens is 1. The van der Waals surface area contributed by atoms with Crippen LogP contribution in [0.25, 0.3) is 0 Å². The Labute approximate surface area is 170 Å². The molecule has 0 N–H and O–H groups in total. The van der Waals surface area contributed by atoms with Crippen molar-refractivity contribution in [3.05, 3.63) is 65.2 Å². The van der Waals surface area contributed by atoms with E-state index in [0.29, 0.717) is 56.2 Å². The molecule has 6 heteroatoms. The molecule has 2 aromatic rings. The second-order valence-electron chi connectivity index (χ2n) is 6.80. The molecule has 1 fully saturated rings. The molecule has 0 bridgehead atoms. The predicted molar refractivity (Wildman–Crippen MR) is 110 cm³/mol. The Kier molecular flexibility index (Phi) is 7.31. The van der Waals surface area contributed by atoms with Gasteiger partial charge in [-0.3, -0.25) is 9.59 Å². The van der Waals surface area contributed by atoms with Crippen molar-refractivity contribution in [2.24, 2.45) is 0 Å². The molecule has 2 aromatic carbocycles. The van der Waals surface area contributed by atoms with Gasteiger partial charge in [0.25, 0.3) is 5.91 Å². The first-order valence-corrected chi connectivity index (χ1v) is 10.0. The zero-order valence-electron chi connectivity index (χ0n) is 15.9. The summed E-state index contributed by atoms with van der Waals surface area (Å²) in [6.07, 6.45) is 1.92. The standard InChI is InChI=1S/C22H25ClN2O3/c23-19-11-9-18(10-12-19)22(27)25-14-5-13-24(15-16-25)21(26)8-4-17-28-20-6-2-1-3-7-20/h1-3,6-7,9-12H,4-5,8,13-17H2. The number of carbonyl (C=O) groups is 2. The highest BCUT2D eigenvalue weighted by atomic mass is 35.5. The van der Waals surface area contributed by atoms with E-state index in [9.17, 15) is 9.59 Å². The number of para-hydroxylation sites is 1. The van der Waals surface area contributed by atoms with E-state index >= 15 is 0 Å². The third-order valence-corrected chi connectivity index (χ3v) is 5.03. The molecule has 5 nitrogen and oxygen atoms in total. The van der Waals surface area contributed by atoms with Gasteiger partial charge in [0.2, 0.25) is 5.91 Å². The van der Waals surface area contributed by atoms with Gasteiger partial charge in [0.05, 0.1) is 6.61 Å². The zero-order chi connectivity index (χ0) is 19.8. The number of amides is 2. The Morgan fingerprint density at radius 3 is 2.32 bits per heavy atom. The third-order valence-electron chi connectivity index (χ3n) is 4.77. The molecule has 0 unspecified atom stereocenters. The lowest BCUT2D eigenvalue weighted by atomic mass is 10.2. The van der Waals surface area contributed by atoms with Crippen LogP contribution in [-0.4, -0.2) is 54.4 Å². The Balaban J connectivity index is 1.43. The molecule has 0 atom stereocenters. The van der Waals surface area contributed by atoms with Crippen LogP contribution >= 0.6 is 11.6 Å². The minimum Gasteiger partial charge on any atom is -0.494 e. The molecule has 3 rings (SSSR count). The van der Waals surface area contributed by atoms with Crippen molar-refractivity contribution >= 4 is 23.4 Å². The number of carbonyl (C=O) groups excluding carboxylic acids is 2. The number of benzene rings is 2. The zero-order valence-corrected chi connectivity index (χ0v) is 16.6. The summed E-state index contributed by atoms with van der Waals surface area (Å²) in [6.45, 7) is 2.97. The fraction of sp³-hybridized carbons (Fsp3) is 0.364. The van der Waals surface area contributed by atoms with E-state index in [0.717, 1.165) is 12.2 Å². The largest absolute Gasteiger partial charge is 0.494 e. The van der Waals surface area contributed by atoms with Crippen LogP contribution in [0.3, 0.4) is 0 Å². The summed E-state index contributed by atoms with van der Waals surface area (Å²) in [5, 5.41) is 0.612. The maximum absolute atomic E-state index is 12.6. The number of rotatable bonds is 6. The lowest BCUT2D eigenvalue weighted by Gasteiger charge is -2.22. The van der Waals surface area contributed by atoms with Crippen molar-refractivity contribution in [1.29, 1.82) is 0 Å². The van der Waals surface area contributed by atoms with Crippen LogP contribution in [0.15, 0.2) is 54.6 Å². The summed E-state index contributed by atoms with van der Waals surface area (Å²) >= 11 is 5.89. The molecular formula is C22H25ClN2O3. The first-order valence-electron chi connectivity index (χ1n) is 9.64. The van der Waals surface area contributed by atoms with Crippen LogP contribution in [0, 0.1) is 0 Å². The number of ether oxygens (including phenoxy) is 1. The van der Waals surface area contributed by atoms with Crippen LogP contribution in [0.5, 0.6) is 5.75 Å². The summed E-state index contributed by atoms with van der Waals surface area (Å²) < 4.78 is 5.64. The van der Waals surface area contributed by atoms with Crippen molar-refractivity contribution < 1.29 is 14.3 Å². The SMILES string of the molecule is O=C(CCCOc1ccccc1)N1CCCN(C(=O)c2ccc(Cl)cc2)CC1. The van der Waals surface area contributed by atoms with Gasteiger partial charge in [-0.1, -0.05) is 29.8 Å². The molecule has 0 aromatic heterocycles. The van der Waals surface area contributed by atoms with Crippen LogP contribution in [0.4, 0.5) is 0 Å². The van der Waals surface area contributed by atoms with Crippen LogP contribution in [0.1, 0.15) is 29.6 Å². The van der Waals surface area contributed by atoms with Gasteiger partial charge in [0.1, 0.15) is 5.75 Å². The Hall–Kier alpha value is -2.53. The summed E-state index contributed by atoms with van der Waals surface area (Å²) in [7, 11) is 0. The average molecular weight is 401 g/mol. The Morgan fingerprint density at radius 1 is 0.893 bits per heavy atom. The van der Waals surface area contributed by atoms with Gasteiger partial charge in [0.15, 0.2) is 0 Å². The van der Waals surface area contributed by atoms with E-state index in [1.807, 2.05) is 40.1 Å². The number of nitrogens with zero attached hydrogens (tertiary/aromatic N) is 2. The van der Waals surface area contributed by atoms with E-state index in [1.165, 1.54) is 0 Å². The smallest absolute Gasteiger partial charge is 0.253 e. The second kappa shape index (κ2) is 10.1. The molecule has 148 valence electrons. The first kappa shape index (κ1) is 20.2. The molecule has 0 saturated carbocycles. The van der Waals surface area contributed by atoms with Gasteiger partial charge < -0.3 is 14.5 Å². The van der Waals surface area contributed by atoms with Crippen molar-refractivity contribution in [3.8, 4) is 5.75 Å². The van der Waals surface area contributed by atoms with Gasteiger partial charge >= 0.3 is 0 Å². The van der Waals surface area contributed by atoms with Gasteiger partial charge in [-0.15, -0.1) is 0 Å². The fourth-order valence-corrected chi connectivity index (χ4v) is 3.36. The van der Waals surface area contributed by atoms with Gasteiger partial charge in [0, 0.05) is 43.2 Å². The van der Waals surface area contributed by atoms with Gasteiger partial charge in [-0.25, -0.2) is 0 Å². The lowest BCUT2D eigenvalue weighted by molar-refractivity contribution is -0.131. The minimum atomic E-state index is -0.0118. The summed E-state index contributed by atoms with van der Waals surface area (Å²) in [5.74, 6) is 0.931. The second-order valence-corrected chi connectivity index (χ2v) is 7.23. The van der Waals surface area contributed by atoms with Crippen LogP contribution < -0.4 is 4.74 Å². The van der Waals surface area contributed by atoms with Gasteiger partial charge in [-0.05, 0) is 49.2 Å². The Bertz CT molecular complexity index is 780. The third kappa shape index (κ3) is 5.73. The highest BCUT2D eigenvalue weighted by Gasteiger charge is 2.22. The molecule has 0 radical (unpaired) electrons. The molecule has 1 heterocycles. The van der Waals surface area contributed by atoms with E-state index in [1.54, 1.807) is 24.3 Å². The maximum Gasteiger partial charge on any atom is 0.253 e. The van der Waals surface area contributed by atoms with Crippen molar-refractivity contribution in [2.45, 2.75) is 19.3 Å². The van der Waals surface area contributed by atoms with Crippen LogP contribution in [-0.2, 0) is 4.79 Å². The van der Waals surface area contributed by atoms with E-state index < -0.39 is 0 Å². The maximum atomic E-state index is 12.6. The molecule has 1 aliphatic rings. The fourth-order valence-electron chi connectivity index (χ4n) is 3.23. The quantitative estimate of drug-likeness (QED) is 0.691. The van der Waals surface area contributed by atoms with E-state index in [-0.39, 0.29) is 11.8 Å². The molecular weight excluding hydrogens is 376 g/mol. The summed E-state index contributed by atoms with van der Waals surface area (Å²) in [4.78, 5) is 28.8. The van der Waals surface area contributed by atoms with Gasteiger partial charge in [-0.2, -0.15) is 0 Å². The first-order chi connectivity index (χ1) is 13.6. The highest BCUT2D eigenvalue weighted by Crippen LogP contribution is 2.14. The molecule has 1 aliphatic heterocycles. The Morgan fingerprint density at radius 2 is 1.57 bits per heavy atom. The molecule has 0 spiro atoms. The lowest BCUT2D eigenvalue weighted by Crippen LogP contribution is -2.37. The van der Waals surface area contributed by atoms with Crippen molar-refractivity contribution in [1.82, 2.24) is 9.80 Å². The topological polar surface area (TPSA) is 49.9 Å². The van der Waals surface area contributed by atoms with E-state index in [2.05, 4.69) is 0 Å². The van der Waals surface area contributed by atoms with E-state index in [4.69, 9.17) is 16.3 Å². The monoisotopic (exact) mass is 400 g/mol. The average Bonchev–Trinajstić information content (AvgIpc) is 2.98. The number of hydrogen-bond acceptors (Lipinski definition) is 3. The van der Waals surface area contributed by atoms with Crippen LogP contribution in [0.2, 0.25) is 5.02 Å².